The molecule has 4 nitrogen and oxygen atoms in total. The summed E-state index contributed by atoms with van der Waals surface area (Å²) in [6.45, 7) is 5.85. The third-order valence-corrected chi connectivity index (χ3v) is 4.44. The van der Waals surface area contributed by atoms with Gasteiger partial charge in [-0.1, -0.05) is 35.9 Å². The summed E-state index contributed by atoms with van der Waals surface area (Å²) in [6.07, 6.45) is 3.32. The van der Waals surface area contributed by atoms with Crippen LogP contribution >= 0.6 is 11.6 Å². The molecule has 0 radical (unpaired) electrons. The predicted octanol–water partition coefficient (Wildman–Crippen LogP) is 5.10. The molecule has 3 rings (SSSR count). The number of hydrogen-bond acceptors (Lipinski definition) is 2. The van der Waals surface area contributed by atoms with Crippen LogP contribution in [0.15, 0.2) is 54.6 Å². The molecule has 1 aromatic heterocycles. The van der Waals surface area contributed by atoms with Gasteiger partial charge < -0.3 is 5.32 Å². The van der Waals surface area contributed by atoms with E-state index >= 15 is 0 Å². The van der Waals surface area contributed by atoms with E-state index in [4.69, 9.17) is 11.6 Å². The molecule has 0 bridgehead atoms. The van der Waals surface area contributed by atoms with Crippen LogP contribution < -0.4 is 5.32 Å². The van der Waals surface area contributed by atoms with Crippen LogP contribution in [0.25, 0.3) is 11.8 Å². The topological polar surface area (TPSA) is 46.9 Å². The monoisotopic (exact) mass is 365 g/mol. The first-order valence-electron chi connectivity index (χ1n) is 8.32. The van der Waals surface area contributed by atoms with Crippen molar-refractivity contribution in [2.24, 2.45) is 0 Å². The van der Waals surface area contributed by atoms with Crippen LogP contribution in [0.3, 0.4) is 0 Å². The lowest BCUT2D eigenvalue weighted by atomic mass is 10.1. The number of para-hydroxylation sites is 1. The Kier molecular flexibility index (Phi) is 5.24. The van der Waals surface area contributed by atoms with Crippen LogP contribution in [-0.2, 0) is 4.79 Å². The third kappa shape index (κ3) is 3.86. The molecule has 0 saturated carbocycles. The van der Waals surface area contributed by atoms with Gasteiger partial charge in [-0.2, -0.15) is 5.10 Å². The highest BCUT2D eigenvalue weighted by atomic mass is 35.5. The fourth-order valence-corrected chi connectivity index (χ4v) is 2.95. The minimum Gasteiger partial charge on any atom is -0.322 e. The fraction of sp³-hybridized carbons (Fsp3) is 0.143. The molecule has 132 valence electrons. The summed E-state index contributed by atoms with van der Waals surface area (Å²) in [5.74, 6) is -0.207. The first-order valence-corrected chi connectivity index (χ1v) is 8.70. The van der Waals surface area contributed by atoms with Crippen molar-refractivity contribution in [2.45, 2.75) is 20.8 Å². The van der Waals surface area contributed by atoms with Gasteiger partial charge in [-0.25, -0.2) is 4.68 Å². The van der Waals surface area contributed by atoms with E-state index in [0.717, 1.165) is 28.2 Å². The molecule has 0 aliphatic heterocycles. The average molecular weight is 366 g/mol. The van der Waals surface area contributed by atoms with Gasteiger partial charge in [0.1, 0.15) is 0 Å². The zero-order valence-corrected chi connectivity index (χ0v) is 15.7. The Morgan fingerprint density at radius 3 is 2.58 bits per heavy atom. The molecule has 0 saturated heterocycles. The number of nitrogens with one attached hydrogen (secondary N) is 1. The molecule has 0 unspecified atom stereocenters. The molecular weight excluding hydrogens is 346 g/mol. The normalized spacial score (nSPS) is 11.1. The van der Waals surface area contributed by atoms with Crippen molar-refractivity contribution in [3.05, 3.63) is 82.1 Å². The standard InChI is InChI=1S/C21H20ClN3O/c1-14-9-10-17(22)13-20(14)23-21(26)12-11-19-15(2)24-25(16(19)3)18-7-5-4-6-8-18/h4-13H,1-3H3,(H,23,26). The summed E-state index contributed by atoms with van der Waals surface area (Å²) in [6, 6.07) is 15.3. The van der Waals surface area contributed by atoms with Crippen molar-refractivity contribution in [2.75, 3.05) is 5.32 Å². The van der Waals surface area contributed by atoms with Crippen LogP contribution in [0.1, 0.15) is 22.5 Å². The van der Waals surface area contributed by atoms with Crippen molar-refractivity contribution in [1.29, 1.82) is 0 Å². The molecule has 0 atom stereocenters. The number of nitrogens with zero attached hydrogens (tertiary/aromatic N) is 2. The number of carbonyl (C=O) groups excluding carboxylic acids is 1. The molecular formula is C21H20ClN3O. The molecule has 3 aromatic rings. The number of amides is 1. The summed E-state index contributed by atoms with van der Waals surface area (Å²) in [7, 11) is 0. The van der Waals surface area contributed by atoms with Crippen molar-refractivity contribution in [3.8, 4) is 5.69 Å². The second kappa shape index (κ2) is 7.58. The van der Waals surface area contributed by atoms with Crippen molar-refractivity contribution in [3.63, 3.8) is 0 Å². The summed E-state index contributed by atoms with van der Waals surface area (Å²) < 4.78 is 1.88. The quantitative estimate of drug-likeness (QED) is 0.653. The van der Waals surface area contributed by atoms with E-state index in [1.807, 2.05) is 61.9 Å². The third-order valence-electron chi connectivity index (χ3n) is 4.21. The van der Waals surface area contributed by atoms with E-state index in [1.54, 1.807) is 18.2 Å². The lowest BCUT2D eigenvalue weighted by molar-refractivity contribution is -0.111. The molecule has 2 aromatic carbocycles. The number of halogens is 1. The van der Waals surface area contributed by atoms with Crippen LogP contribution in [-0.4, -0.2) is 15.7 Å². The van der Waals surface area contributed by atoms with Gasteiger partial charge in [0, 0.05) is 28.0 Å². The second-order valence-corrected chi connectivity index (χ2v) is 6.55. The molecule has 1 amide bonds. The Labute approximate surface area is 158 Å². The largest absolute Gasteiger partial charge is 0.322 e. The lowest BCUT2D eigenvalue weighted by Gasteiger charge is -2.06. The van der Waals surface area contributed by atoms with Crippen molar-refractivity contribution >= 4 is 29.3 Å². The summed E-state index contributed by atoms with van der Waals surface area (Å²) >= 11 is 6.00. The molecule has 0 aliphatic carbocycles. The molecule has 1 N–H and O–H groups in total. The van der Waals surface area contributed by atoms with Crippen molar-refractivity contribution in [1.82, 2.24) is 9.78 Å². The van der Waals surface area contributed by atoms with E-state index < -0.39 is 0 Å². The number of carbonyl (C=O) groups is 1. The van der Waals surface area contributed by atoms with E-state index in [9.17, 15) is 4.79 Å². The highest BCUT2D eigenvalue weighted by Gasteiger charge is 2.11. The lowest BCUT2D eigenvalue weighted by Crippen LogP contribution is -2.09. The Hall–Kier alpha value is -2.85. The summed E-state index contributed by atoms with van der Waals surface area (Å²) in [5, 5.41) is 8.03. The van der Waals surface area contributed by atoms with E-state index in [0.29, 0.717) is 10.7 Å². The average Bonchev–Trinajstić information content (AvgIpc) is 2.91. The first-order chi connectivity index (χ1) is 12.5. The first kappa shape index (κ1) is 18.0. The van der Waals surface area contributed by atoms with Gasteiger partial charge in [-0.3, -0.25) is 4.79 Å². The van der Waals surface area contributed by atoms with Crippen molar-refractivity contribution < 1.29 is 4.79 Å². The molecule has 1 heterocycles. The molecule has 5 heteroatoms. The van der Waals surface area contributed by atoms with Gasteiger partial charge in [0.05, 0.1) is 11.4 Å². The van der Waals surface area contributed by atoms with E-state index in [1.165, 1.54) is 6.08 Å². The van der Waals surface area contributed by atoms with Crippen LogP contribution in [0, 0.1) is 20.8 Å². The Morgan fingerprint density at radius 2 is 1.85 bits per heavy atom. The smallest absolute Gasteiger partial charge is 0.248 e. The van der Waals surface area contributed by atoms with Crippen LogP contribution in [0.4, 0.5) is 5.69 Å². The number of aromatic nitrogens is 2. The molecule has 26 heavy (non-hydrogen) atoms. The number of anilines is 1. The Morgan fingerprint density at radius 1 is 1.12 bits per heavy atom. The van der Waals surface area contributed by atoms with Crippen LogP contribution in [0.2, 0.25) is 5.02 Å². The van der Waals surface area contributed by atoms with Gasteiger partial charge in [-0.05, 0) is 56.7 Å². The maximum absolute atomic E-state index is 12.3. The highest BCUT2D eigenvalue weighted by Crippen LogP contribution is 2.21. The Bertz CT molecular complexity index is 974. The van der Waals surface area contributed by atoms with Gasteiger partial charge in [0.15, 0.2) is 0 Å². The zero-order chi connectivity index (χ0) is 18.7. The molecule has 0 fully saturated rings. The molecule has 0 aliphatic rings. The van der Waals surface area contributed by atoms with Gasteiger partial charge in [-0.15, -0.1) is 0 Å². The maximum Gasteiger partial charge on any atom is 0.248 e. The Balaban J connectivity index is 1.81. The van der Waals surface area contributed by atoms with E-state index in [-0.39, 0.29) is 5.91 Å². The number of hydrogen-bond donors (Lipinski definition) is 1. The summed E-state index contributed by atoms with van der Waals surface area (Å²) in [5.41, 5.74) is 5.45. The second-order valence-electron chi connectivity index (χ2n) is 6.11. The minimum atomic E-state index is -0.207. The number of rotatable bonds is 4. The van der Waals surface area contributed by atoms with Gasteiger partial charge in [0.25, 0.3) is 0 Å². The fourth-order valence-electron chi connectivity index (χ4n) is 2.78. The number of benzene rings is 2. The number of aryl methyl sites for hydroxylation is 2. The van der Waals surface area contributed by atoms with E-state index in [2.05, 4.69) is 10.4 Å². The molecule has 0 spiro atoms. The highest BCUT2D eigenvalue weighted by molar-refractivity contribution is 6.31. The zero-order valence-electron chi connectivity index (χ0n) is 15.0. The minimum absolute atomic E-state index is 0.207. The van der Waals surface area contributed by atoms with Gasteiger partial charge >= 0.3 is 0 Å². The summed E-state index contributed by atoms with van der Waals surface area (Å²) in [4.78, 5) is 12.3. The SMILES string of the molecule is Cc1ccc(Cl)cc1NC(=O)C=Cc1c(C)nn(-c2ccccc2)c1C. The van der Waals surface area contributed by atoms with Gasteiger partial charge in [0.2, 0.25) is 5.91 Å². The van der Waals surface area contributed by atoms with Crippen LogP contribution in [0.5, 0.6) is 0 Å². The predicted molar refractivity (Wildman–Crippen MR) is 107 cm³/mol. The maximum atomic E-state index is 12.3.